The summed E-state index contributed by atoms with van der Waals surface area (Å²) in [4.78, 5) is 19.8. The van der Waals surface area contributed by atoms with Gasteiger partial charge in [0.15, 0.2) is 5.13 Å². The lowest BCUT2D eigenvalue weighted by Crippen LogP contribution is -2.04. The summed E-state index contributed by atoms with van der Waals surface area (Å²) in [5.41, 5.74) is 2.94. The van der Waals surface area contributed by atoms with Crippen LogP contribution in [0.3, 0.4) is 0 Å². The molecule has 0 radical (unpaired) electrons. The molecule has 3 rings (SSSR count). The molecule has 0 fully saturated rings. The van der Waals surface area contributed by atoms with Gasteiger partial charge in [-0.15, -0.1) is 0 Å². The zero-order valence-electron chi connectivity index (χ0n) is 12.3. The molecule has 1 aromatic carbocycles. The summed E-state index contributed by atoms with van der Waals surface area (Å²) in [6.07, 6.45) is 1.79. The summed E-state index contributed by atoms with van der Waals surface area (Å²) in [5.74, 6) is 0.507. The van der Waals surface area contributed by atoms with E-state index in [1.165, 1.54) is 18.3 Å². The Bertz CT molecular complexity index is 812. The lowest BCUT2D eigenvalue weighted by atomic mass is 10.1. The Kier molecular flexibility index (Phi) is 4.02. The number of hydrogen-bond donors (Lipinski definition) is 1. The highest BCUT2D eigenvalue weighted by Crippen LogP contribution is 2.30. The number of benzene rings is 1. The standard InChI is InChI=1S/C16H15N3O2S/c1-3-21-15-7-5-12(9-17-15)11-4-6-13-14(8-11)22-16(19-13)18-10(2)20/h4-9H,3H2,1-2H3,(H,18,19,20). The first-order valence-electron chi connectivity index (χ1n) is 6.93. The number of ether oxygens (including phenoxy) is 1. The second-order valence-electron chi connectivity index (χ2n) is 4.70. The van der Waals surface area contributed by atoms with Crippen LogP contribution in [-0.2, 0) is 4.79 Å². The van der Waals surface area contributed by atoms with Crippen molar-refractivity contribution in [3.63, 3.8) is 0 Å². The normalized spacial score (nSPS) is 10.6. The van der Waals surface area contributed by atoms with Crippen LogP contribution in [0.5, 0.6) is 5.88 Å². The molecule has 0 bridgehead atoms. The Labute approximate surface area is 132 Å². The Balaban J connectivity index is 1.92. The van der Waals surface area contributed by atoms with E-state index in [0.717, 1.165) is 21.3 Å². The van der Waals surface area contributed by atoms with E-state index in [1.54, 1.807) is 6.20 Å². The summed E-state index contributed by atoms with van der Waals surface area (Å²) < 4.78 is 6.37. The fourth-order valence-corrected chi connectivity index (χ4v) is 3.04. The maximum Gasteiger partial charge on any atom is 0.223 e. The molecule has 0 saturated heterocycles. The predicted octanol–water partition coefficient (Wildman–Crippen LogP) is 3.72. The summed E-state index contributed by atoms with van der Waals surface area (Å²) in [7, 11) is 0. The van der Waals surface area contributed by atoms with Crippen molar-refractivity contribution < 1.29 is 9.53 Å². The van der Waals surface area contributed by atoms with Crippen LogP contribution < -0.4 is 10.1 Å². The molecular formula is C16H15N3O2S. The minimum atomic E-state index is -0.116. The minimum Gasteiger partial charge on any atom is -0.478 e. The van der Waals surface area contributed by atoms with E-state index in [2.05, 4.69) is 21.4 Å². The number of thiazole rings is 1. The highest BCUT2D eigenvalue weighted by atomic mass is 32.1. The van der Waals surface area contributed by atoms with E-state index in [4.69, 9.17) is 4.74 Å². The molecule has 0 atom stereocenters. The van der Waals surface area contributed by atoms with Crippen molar-refractivity contribution >= 4 is 32.6 Å². The summed E-state index contributed by atoms with van der Waals surface area (Å²) in [6.45, 7) is 4.01. The molecule has 0 unspecified atom stereocenters. The number of nitrogens with zero attached hydrogens (tertiary/aromatic N) is 2. The Morgan fingerprint density at radius 2 is 2.09 bits per heavy atom. The first-order valence-corrected chi connectivity index (χ1v) is 7.75. The molecule has 1 N–H and O–H groups in total. The summed E-state index contributed by atoms with van der Waals surface area (Å²) in [5, 5.41) is 3.33. The van der Waals surface area contributed by atoms with Crippen LogP contribution in [0.4, 0.5) is 5.13 Å². The highest BCUT2D eigenvalue weighted by molar-refractivity contribution is 7.22. The van der Waals surface area contributed by atoms with Crippen molar-refractivity contribution in [2.75, 3.05) is 11.9 Å². The maximum atomic E-state index is 11.1. The Hall–Kier alpha value is -2.47. The molecule has 22 heavy (non-hydrogen) atoms. The SMILES string of the molecule is CCOc1ccc(-c2ccc3nc(NC(C)=O)sc3c2)cn1. The molecule has 1 amide bonds. The van der Waals surface area contributed by atoms with Gasteiger partial charge in [0.1, 0.15) is 0 Å². The van der Waals surface area contributed by atoms with Gasteiger partial charge >= 0.3 is 0 Å². The number of aromatic nitrogens is 2. The van der Waals surface area contributed by atoms with Gasteiger partial charge in [-0.2, -0.15) is 0 Å². The summed E-state index contributed by atoms with van der Waals surface area (Å²) >= 11 is 1.46. The van der Waals surface area contributed by atoms with E-state index < -0.39 is 0 Å². The quantitative estimate of drug-likeness (QED) is 0.797. The van der Waals surface area contributed by atoms with E-state index >= 15 is 0 Å². The van der Waals surface area contributed by atoms with E-state index in [9.17, 15) is 4.79 Å². The Morgan fingerprint density at radius 3 is 2.77 bits per heavy atom. The van der Waals surface area contributed by atoms with Crippen molar-refractivity contribution in [2.45, 2.75) is 13.8 Å². The minimum absolute atomic E-state index is 0.116. The van der Waals surface area contributed by atoms with Gasteiger partial charge in [0.25, 0.3) is 0 Å². The molecule has 112 valence electrons. The number of rotatable bonds is 4. The molecule has 6 heteroatoms. The fourth-order valence-electron chi connectivity index (χ4n) is 2.09. The monoisotopic (exact) mass is 313 g/mol. The van der Waals surface area contributed by atoms with Gasteiger partial charge in [-0.3, -0.25) is 4.79 Å². The number of fused-ring (bicyclic) bond motifs is 1. The van der Waals surface area contributed by atoms with E-state index in [-0.39, 0.29) is 5.91 Å². The largest absolute Gasteiger partial charge is 0.478 e. The molecular weight excluding hydrogens is 298 g/mol. The van der Waals surface area contributed by atoms with E-state index in [0.29, 0.717) is 17.6 Å². The number of carbonyl (C=O) groups excluding carboxylic acids is 1. The maximum absolute atomic E-state index is 11.1. The lowest BCUT2D eigenvalue weighted by Gasteiger charge is -2.04. The molecule has 2 aromatic heterocycles. The van der Waals surface area contributed by atoms with Crippen molar-refractivity contribution in [3.8, 4) is 17.0 Å². The number of amides is 1. The molecule has 0 aliphatic heterocycles. The molecule has 0 aliphatic carbocycles. The van der Waals surface area contributed by atoms with Crippen molar-refractivity contribution in [1.29, 1.82) is 0 Å². The molecule has 0 spiro atoms. The third-order valence-electron chi connectivity index (χ3n) is 3.03. The van der Waals surface area contributed by atoms with Crippen LogP contribution in [0.15, 0.2) is 36.5 Å². The first kappa shape index (κ1) is 14.5. The molecule has 3 aromatic rings. The fraction of sp³-hybridized carbons (Fsp3) is 0.188. The number of hydrogen-bond acceptors (Lipinski definition) is 5. The Morgan fingerprint density at radius 1 is 1.27 bits per heavy atom. The number of nitrogens with one attached hydrogen (secondary N) is 1. The van der Waals surface area contributed by atoms with Crippen molar-refractivity contribution in [1.82, 2.24) is 9.97 Å². The second kappa shape index (κ2) is 6.11. The number of pyridine rings is 1. The van der Waals surface area contributed by atoms with Crippen LogP contribution in [-0.4, -0.2) is 22.5 Å². The molecule has 5 nitrogen and oxygen atoms in total. The zero-order chi connectivity index (χ0) is 15.5. The average molecular weight is 313 g/mol. The second-order valence-corrected chi connectivity index (χ2v) is 5.73. The van der Waals surface area contributed by atoms with Crippen LogP contribution in [0.25, 0.3) is 21.3 Å². The zero-order valence-corrected chi connectivity index (χ0v) is 13.1. The van der Waals surface area contributed by atoms with Gasteiger partial charge in [-0.25, -0.2) is 9.97 Å². The predicted molar refractivity (Wildman–Crippen MR) is 88.3 cm³/mol. The van der Waals surface area contributed by atoms with Gasteiger partial charge in [-0.05, 0) is 30.7 Å². The van der Waals surface area contributed by atoms with Crippen molar-refractivity contribution in [2.24, 2.45) is 0 Å². The third kappa shape index (κ3) is 3.07. The lowest BCUT2D eigenvalue weighted by molar-refractivity contribution is -0.114. The van der Waals surface area contributed by atoms with Gasteiger partial charge in [-0.1, -0.05) is 17.4 Å². The molecule has 0 aliphatic rings. The first-order chi connectivity index (χ1) is 10.7. The highest BCUT2D eigenvalue weighted by Gasteiger charge is 2.07. The number of anilines is 1. The summed E-state index contributed by atoms with van der Waals surface area (Å²) in [6, 6.07) is 9.84. The smallest absolute Gasteiger partial charge is 0.223 e. The van der Waals surface area contributed by atoms with Crippen LogP contribution in [0.1, 0.15) is 13.8 Å². The number of carbonyl (C=O) groups is 1. The van der Waals surface area contributed by atoms with Crippen LogP contribution >= 0.6 is 11.3 Å². The van der Waals surface area contributed by atoms with Gasteiger partial charge in [0.2, 0.25) is 11.8 Å². The van der Waals surface area contributed by atoms with Crippen LogP contribution in [0, 0.1) is 0 Å². The van der Waals surface area contributed by atoms with E-state index in [1.807, 2.05) is 31.2 Å². The average Bonchev–Trinajstić information content (AvgIpc) is 2.88. The molecule has 0 saturated carbocycles. The van der Waals surface area contributed by atoms with Gasteiger partial charge in [0.05, 0.1) is 16.8 Å². The van der Waals surface area contributed by atoms with Gasteiger partial charge in [0, 0.05) is 24.8 Å². The van der Waals surface area contributed by atoms with Crippen LogP contribution in [0.2, 0.25) is 0 Å². The van der Waals surface area contributed by atoms with Crippen molar-refractivity contribution in [3.05, 3.63) is 36.5 Å². The van der Waals surface area contributed by atoms with Gasteiger partial charge < -0.3 is 10.1 Å². The molecule has 2 heterocycles. The third-order valence-corrected chi connectivity index (χ3v) is 3.97. The topological polar surface area (TPSA) is 64.1 Å².